The molecule has 2 rings (SSSR count). The van der Waals surface area contributed by atoms with E-state index in [9.17, 15) is 13.2 Å². The lowest BCUT2D eigenvalue weighted by molar-refractivity contribution is 0.101. The minimum Gasteiger partial charge on any atom is -0.497 e. The molecule has 0 radical (unpaired) electrons. The first-order valence-corrected chi connectivity index (χ1v) is 9.12. The number of ketones is 1. The van der Waals surface area contributed by atoms with Gasteiger partial charge in [0.05, 0.1) is 19.1 Å². The highest BCUT2D eigenvalue weighted by Gasteiger charge is 2.21. The first-order valence-electron chi connectivity index (χ1n) is 7.63. The van der Waals surface area contributed by atoms with Crippen LogP contribution in [0.5, 0.6) is 11.5 Å². The highest BCUT2D eigenvalue weighted by atomic mass is 32.2. The summed E-state index contributed by atoms with van der Waals surface area (Å²) in [5, 5.41) is 0. The molecule has 1 unspecified atom stereocenters. The van der Waals surface area contributed by atoms with Gasteiger partial charge in [0.25, 0.3) is 0 Å². The number of hydrogen-bond acceptors (Lipinski definition) is 5. The number of sulfonamides is 1. The Balaban J connectivity index is 2.29. The van der Waals surface area contributed by atoms with Crippen LogP contribution in [0.2, 0.25) is 0 Å². The predicted octanol–water partition coefficient (Wildman–Crippen LogP) is 2.95. The zero-order valence-electron chi connectivity index (χ0n) is 14.6. The van der Waals surface area contributed by atoms with Gasteiger partial charge in [-0.15, -0.1) is 0 Å². The van der Waals surface area contributed by atoms with Crippen LogP contribution in [0.25, 0.3) is 0 Å². The van der Waals surface area contributed by atoms with Gasteiger partial charge in [-0.25, -0.2) is 13.1 Å². The third-order valence-corrected chi connectivity index (χ3v) is 5.36. The number of ether oxygens (including phenoxy) is 2. The van der Waals surface area contributed by atoms with Gasteiger partial charge < -0.3 is 9.47 Å². The van der Waals surface area contributed by atoms with Gasteiger partial charge in [0, 0.05) is 17.2 Å². The van der Waals surface area contributed by atoms with Crippen molar-refractivity contribution in [1.29, 1.82) is 0 Å². The van der Waals surface area contributed by atoms with E-state index in [0.29, 0.717) is 22.6 Å². The van der Waals surface area contributed by atoms with E-state index in [-0.39, 0.29) is 10.7 Å². The molecule has 2 aromatic rings. The fourth-order valence-electron chi connectivity index (χ4n) is 2.41. The van der Waals surface area contributed by atoms with Crippen molar-refractivity contribution in [2.24, 2.45) is 0 Å². The van der Waals surface area contributed by atoms with Gasteiger partial charge in [-0.1, -0.05) is 12.1 Å². The predicted molar refractivity (Wildman–Crippen MR) is 94.7 cm³/mol. The summed E-state index contributed by atoms with van der Waals surface area (Å²) in [7, 11) is -0.693. The normalized spacial score (nSPS) is 12.5. The summed E-state index contributed by atoms with van der Waals surface area (Å²) < 4.78 is 38.3. The van der Waals surface area contributed by atoms with Crippen molar-refractivity contribution < 1.29 is 22.7 Å². The van der Waals surface area contributed by atoms with Gasteiger partial charge in [-0.2, -0.15) is 0 Å². The number of carbonyl (C=O) groups is 1. The maximum absolute atomic E-state index is 12.6. The smallest absolute Gasteiger partial charge is 0.241 e. The van der Waals surface area contributed by atoms with Gasteiger partial charge in [0.2, 0.25) is 10.0 Å². The Morgan fingerprint density at radius 2 is 1.68 bits per heavy atom. The summed E-state index contributed by atoms with van der Waals surface area (Å²) in [6.45, 7) is 3.15. The Labute approximate surface area is 147 Å². The lowest BCUT2D eigenvalue weighted by Gasteiger charge is -2.18. The van der Waals surface area contributed by atoms with Crippen LogP contribution in [-0.4, -0.2) is 28.4 Å². The van der Waals surface area contributed by atoms with Gasteiger partial charge in [0.1, 0.15) is 11.5 Å². The van der Waals surface area contributed by atoms with Gasteiger partial charge in [-0.3, -0.25) is 4.79 Å². The standard InChI is InChI=1S/C18H21NO5S/c1-12(17-11-15(23-3)7-10-18(17)24-4)19-25(21,22)16-8-5-14(6-9-16)13(2)20/h5-12,19H,1-4H3. The molecule has 0 aliphatic carbocycles. The topological polar surface area (TPSA) is 81.7 Å². The number of nitrogens with one attached hydrogen (secondary N) is 1. The molecular formula is C18H21NO5S. The number of carbonyl (C=O) groups excluding carboxylic acids is 1. The molecule has 0 fully saturated rings. The summed E-state index contributed by atoms with van der Waals surface area (Å²) in [6.07, 6.45) is 0. The summed E-state index contributed by atoms with van der Waals surface area (Å²) in [6, 6.07) is 10.5. The fraction of sp³-hybridized carbons (Fsp3) is 0.278. The molecule has 1 N–H and O–H groups in total. The largest absolute Gasteiger partial charge is 0.497 e. The van der Waals surface area contributed by atoms with Crippen LogP contribution in [0.4, 0.5) is 0 Å². The van der Waals surface area contributed by atoms with Crippen LogP contribution in [0.15, 0.2) is 47.4 Å². The first-order chi connectivity index (χ1) is 11.8. The Bertz CT molecular complexity index is 860. The molecule has 0 amide bonds. The average Bonchev–Trinajstić information content (AvgIpc) is 2.60. The third kappa shape index (κ3) is 4.37. The highest BCUT2D eigenvalue weighted by molar-refractivity contribution is 7.89. The maximum Gasteiger partial charge on any atom is 0.241 e. The fourth-order valence-corrected chi connectivity index (χ4v) is 3.63. The van der Waals surface area contributed by atoms with E-state index in [4.69, 9.17) is 9.47 Å². The van der Waals surface area contributed by atoms with E-state index < -0.39 is 16.1 Å². The quantitative estimate of drug-likeness (QED) is 0.765. The van der Waals surface area contributed by atoms with Gasteiger partial charge >= 0.3 is 0 Å². The van der Waals surface area contributed by atoms with E-state index in [2.05, 4.69) is 4.72 Å². The second-order valence-electron chi connectivity index (χ2n) is 5.53. The number of hydrogen-bond donors (Lipinski definition) is 1. The zero-order chi connectivity index (χ0) is 18.6. The number of Topliss-reactive ketones (excluding diaryl/α,β-unsaturated/α-hetero) is 1. The van der Waals surface area contributed by atoms with E-state index >= 15 is 0 Å². The second-order valence-corrected chi connectivity index (χ2v) is 7.25. The molecule has 25 heavy (non-hydrogen) atoms. The molecule has 7 heteroatoms. The summed E-state index contributed by atoms with van der Waals surface area (Å²) in [4.78, 5) is 11.4. The average molecular weight is 363 g/mol. The minimum atomic E-state index is -3.75. The molecule has 0 saturated heterocycles. The third-order valence-electron chi connectivity index (χ3n) is 3.81. The van der Waals surface area contributed by atoms with Crippen LogP contribution < -0.4 is 14.2 Å². The summed E-state index contributed by atoms with van der Waals surface area (Å²) in [5.41, 5.74) is 1.12. The lowest BCUT2D eigenvalue weighted by atomic mass is 10.1. The van der Waals surface area contributed by atoms with Crippen LogP contribution in [0.1, 0.15) is 35.8 Å². The second kappa shape index (κ2) is 7.67. The molecule has 0 saturated carbocycles. The molecular weight excluding hydrogens is 342 g/mol. The van der Waals surface area contributed by atoms with Gasteiger partial charge in [-0.05, 0) is 44.2 Å². The van der Waals surface area contributed by atoms with Crippen LogP contribution in [0.3, 0.4) is 0 Å². The van der Waals surface area contributed by atoms with Crippen molar-refractivity contribution in [2.45, 2.75) is 24.8 Å². The molecule has 2 aromatic carbocycles. The zero-order valence-corrected chi connectivity index (χ0v) is 15.4. The highest BCUT2D eigenvalue weighted by Crippen LogP contribution is 2.30. The van der Waals surface area contributed by atoms with Crippen molar-refractivity contribution in [1.82, 2.24) is 4.72 Å². The monoisotopic (exact) mass is 363 g/mol. The summed E-state index contributed by atoms with van der Waals surface area (Å²) in [5.74, 6) is 1.04. The van der Waals surface area contributed by atoms with Crippen molar-refractivity contribution in [2.75, 3.05) is 14.2 Å². The number of rotatable bonds is 7. The van der Waals surface area contributed by atoms with Crippen molar-refractivity contribution >= 4 is 15.8 Å². The van der Waals surface area contributed by atoms with Gasteiger partial charge in [0.15, 0.2) is 5.78 Å². The van der Waals surface area contributed by atoms with E-state index in [0.717, 1.165) is 0 Å². The molecule has 0 bridgehead atoms. The van der Waals surface area contributed by atoms with E-state index in [1.807, 2.05) is 0 Å². The van der Waals surface area contributed by atoms with E-state index in [1.54, 1.807) is 25.1 Å². The van der Waals surface area contributed by atoms with Crippen molar-refractivity contribution in [3.63, 3.8) is 0 Å². The molecule has 0 aliphatic heterocycles. The molecule has 1 atom stereocenters. The molecule has 0 aliphatic rings. The van der Waals surface area contributed by atoms with Crippen LogP contribution >= 0.6 is 0 Å². The number of benzene rings is 2. The Kier molecular flexibility index (Phi) is 5.81. The SMILES string of the molecule is COc1ccc(OC)c(C(C)NS(=O)(=O)c2ccc(C(C)=O)cc2)c1. The molecule has 0 aromatic heterocycles. The van der Waals surface area contributed by atoms with Crippen LogP contribution in [0, 0.1) is 0 Å². The number of methoxy groups -OCH3 is 2. The van der Waals surface area contributed by atoms with E-state index in [1.165, 1.54) is 45.4 Å². The summed E-state index contributed by atoms with van der Waals surface area (Å²) >= 11 is 0. The molecule has 0 spiro atoms. The Hall–Kier alpha value is -2.38. The Morgan fingerprint density at radius 1 is 1.04 bits per heavy atom. The Morgan fingerprint density at radius 3 is 2.20 bits per heavy atom. The molecule has 6 nitrogen and oxygen atoms in total. The lowest BCUT2D eigenvalue weighted by Crippen LogP contribution is -2.27. The molecule has 134 valence electrons. The first kappa shape index (κ1) is 19.0. The molecule has 0 heterocycles. The van der Waals surface area contributed by atoms with Crippen LogP contribution in [-0.2, 0) is 10.0 Å². The minimum absolute atomic E-state index is 0.0891. The maximum atomic E-state index is 12.6. The van der Waals surface area contributed by atoms with Crippen molar-refractivity contribution in [3.8, 4) is 11.5 Å². The van der Waals surface area contributed by atoms with Crippen molar-refractivity contribution in [3.05, 3.63) is 53.6 Å².